The van der Waals surface area contributed by atoms with Crippen LogP contribution in [0.25, 0.3) is 0 Å². The van der Waals surface area contributed by atoms with Gasteiger partial charge in [-0.05, 0) is 13.8 Å². The minimum absolute atomic E-state index is 0.819. The topological polar surface area (TPSA) is 9.23 Å². The van der Waals surface area contributed by atoms with E-state index in [4.69, 9.17) is 0 Å². The first kappa shape index (κ1) is 9.85. The van der Waals surface area contributed by atoms with E-state index in [1.165, 1.54) is 0 Å². The van der Waals surface area contributed by atoms with Gasteiger partial charge < -0.3 is 4.74 Å². The fourth-order valence-electron chi connectivity index (χ4n) is 0. The van der Waals surface area contributed by atoms with Crippen LogP contribution >= 0.6 is 0 Å². The van der Waals surface area contributed by atoms with Crippen molar-refractivity contribution >= 4 is 0 Å². The molecular weight excluding hydrogens is 88.1 g/mol. The third-order valence-corrected chi connectivity index (χ3v) is 0.289. The predicted octanol–water partition coefficient (Wildman–Crippen LogP) is 1.84. The fraction of sp³-hybridized carbons (Fsp3) is 0.667. The fourth-order valence-corrected chi connectivity index (χ4v) is 0. The lowest BCUT2D eigenvalue weighted by atomic mass is 10.8. The Bertz CT molecular complexity index is 23.4. The van der Waals surface area contributed by atoms with Crippen molar-refractivity contribution in [1.29, 1.82) is 0 Å². The van der Waals surface area contributed by atoms with Gasteiger partial charge in [0.2, 0.25) is 0 Å². The third-order valence-electron chi connectivity index (χ3n) is 0.289. The summed E-state index contributed by atoms with van der Waals surface area (Å²) >= 11 is 0. The molecule has 1 nitrogen and oxygen atoms in total. The predicted molar refractivity (Wildman–Crippen MR) is 33.4 cm³/mol. The first-order valence-electron chi connectivity index (χ1n) is 2.39. The summed E-state index contributed by atoms with van der Waals surface area (Å²) in [6.45, 7) is 8.03. The number of rotatable bonds is 1. The van der Waals surface area contributed by atoms with Gasteiger partial charge in [-0.2, -0.15) is 0 Å². The van der Waals surface area contributed by atoms with Crippen molar-refractivity contribution in [2.75, 3.05) is 13.7 Å². The van der Waals surface area contributed by atoms with Crippen molar-refractivity contribution in [3.8, 4) is 0 Å². The smallest absolute Gasteiger partial charge is 0.0433 e. The van der Waals surface area contributed by atoms with E-state index in [0.29, 0.717) is 0 Å². The van der Waals surface area contributed by atoms with Gasteiger partial charge in [0.05, 0.1) is 0 Å². The Labute approximate surface area is 46.0 Å². The molecule has 0 atom stereocenters. The summed E-state index contributed by atoms with van der Waals surface area (Å²) in [6, 6.07) is 0. The van der Waals surface area contributed by atoms with Crippen LogP contribution in [-0.2, 0) is 4.74 Å². The van der Waals surface area contributed by atoms with Crippen LogP contribution in [0.2, 0.25) is 0 Å². The number of hydrogen-bond donors (Lipinski definition) is 0. The van der Waals surface area contributed by atoms with Gasteiger partial charge in [0, 0.05) is 13.7 Å². The molecule has 0 heterocycles. The summed E-state index contributed by atoms with van der Waals surface area (Å²) in [5.74, 6) is 0. The Morgan fingerprint density at radius 2 is 1.86 bits per heavy atom. The second kappa shape index (κ2) is 17.3. The second-order valence-electron chi connectivity index (χ2n) is 0.986. The normalized spacial score (nSPS) is 6.14. The first-order chi connectivity index (χ1) is 3.33. The highest BCUT2D eigenvalue weighted by Crippen LogP contribution is 1.52. The highest BCUT2D eigenvalue weighted by atomic mass is 16.5. The summed E-state index contributed by atoms with van der Waals surface area (Å²) in [4.78, 5) is 0. The molecule has 0 aromatic rings. The van der Waals surface area contributed by atoms with Crippen molar-refractivity contribution in [3.05, 3.63) is 12.7 Å². The molecule has 0 saturated heterocycles. The largest absolute Gasteiger partial charge is 0.385 e. The van der Waals surface area contributed by atoms with Crippen LogP contribution in [0, 0.1) is 0 Å². The molecule has 0 unspecified atom stereocenters. The lowest BCUT2D eigenvalue weighted by molar-refractivity contribution is 0.215. The molecule has 0 fully saturated rings. The molecule has 0 rings (SSSR count). The average Bonchev–Trinajstić information content (AvgIpc) is 1.69. The van der Waals surface area contributed by atoms with E-state index < -0.39 is 0 Å². The lowest BCUT2D eigenvalue weighted by Crippen LogP contribution is -1.73. The second-order valence-corrected chi connectivity index (χ2v) is 0.986. The minimum Gasteiger partial charge on any atom is -0.385 e. The quantitative estimate of drug-likeness (QED) is 0.459. The molecule has 0 N–H and O–H groups in total. The zero-order chi connectivity index (χ0) is 6.12. The van der Waals surface area contributed by atoms with Crippen LogP contribution < -0.4 is 0 Å². The van der Waals surface area contributed by atoms with Gasteiger partial charge in [-0.1, -0.05) is 6.08 Å². The number of methoxy groups -OCH3 is 1. The zero-order valence-electron chi connectivity index (χ0n) is 5.40. The van der Waals surface area contributed by atoms with Crippen molar-refractivity contribution in [3.63, 3.8) is 0 Å². The Kier molecular flexibility index (Phi) is 24.3. The standard InChI is InChI=1S/C3H8O.C3H6/c1-3-4-2;1-3-2/h3H2,1-2H3;3H,1H2,2H3. The van der Waals surface area contributed by atoms with Crippen molar-refractivity contribution in [2.24, 2.45) is 0 Å². The van der Waals surface area contributed by atoms with Gasteiger partial charge in [0.15, 0.2) is 0 Å². The van der Waals surface area contributed by atoms with Gasteiger partial charge in [-0.25, -0.2) is 0 Å². The van der Waals surface area contributed by atoms with E-state index in [1.807, 2.05) is 13.8 Å². The molecule has 0 aliphatic heterocycles. The molecular formula is C6H14O. The Morgan fingerprint density at radius 3 is 1.86 bits per heavy atom. The van der Waals surface area contributed by atoms with Crippen molar-refractivity contribution in [1.82, 2.24) is 0 Å². The summed E-state index contributed by atoms with van der Waals surface area (Å²) in [6.07, 6.45) is 1.75. The number of ether oxygens (including phenoxy) is 1. The first-order valence-corrected chi connectivity index (χ1v) is 2.39. The Morgan fingerprint density at radius 1 is 1.71 bits per heavy atom. The van der Waals surface area contributed by atoms with E-state index in [-0.39, 0.29) is 0 Å². The van der Waals surface area contributed by atoms with E-state index in [2.05, 4.69) is 11.3 Å². The van der Waals surface area contributed by atoms with Crippen LogP contribution in [0.3, 0.4) is 0 Å². The molecule has 0 aromatic heterocycles. The molecule has 0 saturated carbocycles. The highest BCUT2D eigenvalue weighted by molar-refractivity contribution is 4.51. The van der Waals surface area contributed by atoms with Crippen LogP contribution in [-0.4, -0.2) is 13.7 Å². The summed E-state index contributed by atoms with van der Waals surface area (Å²) in [5, 5.41) is 0. The van der Waals surface area contributed by atoms with Crippen molar-refractivity contribution < 1.29 is 4.74 Å². The molecule has 0 bridgehead atoms. The Hall–Kier alpha value is -0.300. The molecule has 1 heteroatoms. The zero-order valence-corrected chi connectivity index (χ0v) is 5.40. The maximum absolute atomic E-state index is 4.54. The van der Waals surface area contributed by atoms with E-state index in [1.54, 1.807) is 13.2 Å². The molecule has 0 spiro atoms. The number of allylic oxidation sites excluding steroid dienone is 1. The van der Waals surface area contributed by atoms with Crippen molar-refractivity contribution in [2.45, 2.75) is 13.8 Å². The van der Waals surface area contributed by atoms with Crippen LogP contribution in [0.4, 0.5) is 0 Å². The molecule has 0 aliphatic rings. The SMILES string of the molecule is C=CC.CCOC. The van der Waals surface area contributed by atoms with Gasteiger partial charge in [-0.3, -0.25) is 0 Å². The van der Waals surface area contributed by atoms with Gasteiger partial charge >= 0.3 is 0 Å². The van der Waals surface area contributed by atoms with E-state index >= 15 is 0 Å². The average molecular weight is 102 g/mol. The van der Waals surface area contributed by atoms with Crippen LogP contribution in [0.5, 0.6) is 0 Å². The summed E-state index contributed by atoms with van der Waals surface area (Å²) < 4.78 is 4.54. The molecule has 0 radical (unpaired) electrons. The minimum atomic E-state index is 0.819. The molecule has 0 aromatic carbocycles. The van der Waals surface area contributed by atoms with Gasteiger partial charge in [0.1, 0.15) is 0 Å². The van der Waals surface area contributed by atoms with Crippen LogP contribution in [0.1, 0.15) is 13.8 Å². The maximum atomic E-state index is 4.54. The van der Waals surface area contributed by atoms with Gasteiger partial charge in [-0.15, -0.1) is 6.58 Å². The molecule has 44 valence electrons. The van der Waals surface area contributed by atoms with E-state index in [0.717, 1.165) is 6.61 Å². The monoisotopic (exact) mass is 102 g/mol. The Balaban J connectivity index is 0. The molecule has 0 amide bonds. The maximum Gasteiger partial charge on any atom is 0.0433 e. The summed E-state index contributed by atoms with van der Waals surface area (Å²) in [5.41, 5.74) is 0. The molecule has 7 heavy (non-hydrogen) atoms. The summed E-state index contributed by atoms with van der Waals surface area (Å²) in [7, 11) is 1.68. The van der Waals surface area contributed by atoms with Crippen LogP contribution in [0.15, 0.2) is 12.7 Å². The molecule has 0 aliphatic carbocycles. The lowest BCUT2D eigenvalue weighted by Gasteiger charge is -1.76. The van der Waals surface area contributed by atoms with E-state index in [9.17, 15) is 0 Å². The highest BCUT2D eigenvalue weighted by Gasteiger charge is 1.51. The third kappa shape index (κ3) is 159. The number of hydrogen-bond acceptors (Lipinski definition) is 1. The van der Waals surface area contributed by atoms with Gasteiger partial charge in [0.25, 0.3) is 0 Å².